The van der Waals surface area contributed by atoms with Crippen molar-refractivity contribution >= 4 is 17.8 Å². The number of carbonyl (C=O) groups excluding carboxylic acids is 1. The number of aliphatic hydroxyl groups excluding tert-OH is 1. The maximum absolute atomic E-state index is 13.2. The average Bonchev–Trinajstić information content (AvgIpc) is 2.86. The summed E-state index contributed by atoms with van der Waals surface area (Å²) in [6, 6.07) is 8.80. The van der Waals surface area contributed by atoms with Gasteiger partial charge in [0.2, 0.25) is 5.91 Å². The van der Waals surface area contributed by atoms with Gasteiger partial charge >= 0.3 is 11.9 Å². The van der Waals surface area contributed by atoms with E-state index >= 15 is 0 Å². The van der Waals surface area contributed by atoms with Crippen LogP contribution >= 0.6 is 0 Å². The highest BCUT2D eigenvalue weighted by molar-refractivity contribution is 6.27. The lowest BCUT2D eigenvalue weighted by Gasteiger charge is -2.43. The van der Waals surface area contributed by atoms with Crippen LogP contribution < -0.4 is 5.32 Å². The second-order valence-electron chi connectivity index (χ2n) is 9.96. The molecule has 1 aromatic carbocycles. The third-order valence-electron chi connectivity index (χ3n) is 7.60. The van der Waals surface area contributed by atoms with Crippen molar-refractivity contribution in [2.75, 3.05) is 19.6 Å². The molecular formula is C26H38N2O7. The fraction of sp³-hybridized carbons (Fsp3) is 0.654. The van der Waals surface area contributed by atoms with E-state index in [9.17, 15) is 15.0 Å². The predicted octanol–water partition coefficient (Wildman–Crippen LogP) is 2.10. The van der Waals surface area contributed by atoms with Crippen LogP contribution in [-0.2, 0) is 20.8 Å². The van der Waals surface area contributed by atoms with Crippen LogP contribution in [0.25, 0.3) is 0 Å². The van der Waals surface area contributed by atoms with E-state index in [-0.39, 0.29) is 25.0 Å². The van der Waals surface area contributed by atoms with Gasteiger partial charge in [-0.2, -0.15) is 0 Å². The van der Waals surface area contributed by atoms with Gasteiger partial charge in [0.1, 0.15) is 5.60 Å². The molecule has 0 radical (unpaired) electrons. The first-order chi connectivity index (χ1) is 16.7. The van der Waals surface area contributed by atoms with Crippen LogP contribution in [0.1, 0.15) is 75.0 Å². The first-order valence-electron chi connectivity index (χ1n) is 12.7. The quantitative estimate of drug-likeness (QED) is 0.394. The highest BCUT2D eigenvalue weighted by atomic mass is 16.4. The minimum Gasteiger partial charge on any atom is -0.473 e. The molecule has 2 saturated carbocycles. The molecule has 0 aromatic heterocycles. The van der Waals surface area contributed by atoms with Gasteiger partial charge in [-0.15, -0.1) is 0 Å². The Morgan fingerprint density at radius 1 is 0.971 bits per heavy atom. The first kappa shape index (κ1) is 27.1. The van der Waals surface area contributed by atoms with Crippen LogP contribution in [0.15, 0.2) is 24.3 Å². The zero-order valence-electron chi connectivity index (χ0n) is 20.2. The molecule has 1 amide bonds. The summed E-state index contributed by atoms with van der Waals surface area (Å²) in [4.78, 5) is 33.5. The molecule has 9 heteroatoms. The van der Waals surface area contributed by atoms with E-state index in [1.165, 1.54) is 43.2 Å². The van der Waals surface area contributed by atoms with Crippen molar-refractivity contribution in [3.05, 3.63) is 35.4 Å². The lowest BCUT2D eigenvalue weighted by molar-refractivity contribution is -0.159. The molecule has 1 unspecified atom stereocenters. The van der Waals surface area contributed by atoms with E-state index < -0.39 is 23.6 Å². The lowest BCUT2D eigenvalue weighted by Crippen LogP contribution is -2.54. The lowest BCUT2D eigenvalue weighted by atomic mass is 9.77. The Morgan fingerprint density at radius 3 is 2.29 bits per heavy atom. The molecule has 2 fully saturated rings. The molecule has 35 heavy (non-hydrogen) atoms. The van der Waals surface area contributed by atoms with Gasteiger partial charge in [-0.25, -0.2) is 9.59 Å². The van der Waals surface area contributed by atoms with Crippen molar-refractivity contribution in [1.29, 1.82) is 0 Å². The maximum atomic E-state index is 13.2. The van der Waals surface area contributed by atoms with Crippen molar-refractivity contribution in [1.82, 2.24) is 10.2 Å². The number of amides is 1. The molecule has 0 bridgehead atoms. The van der Waals surface area contributed by atoms with Crippen LogP contribution in [0.2, 0.25) is 0 Å². The Morgan fingerprint density at radius 2 is 1.63 bits per heavy atom. The Balaban J connectivity index is 0.000000509. The molecule has 4 rings (SSSR count). The number of hydrogen-bond acceptors (Lipinski definition) is 6. The Labute approximate surface area is 206 Å². The Kier molecular flexibility index (Phi) is 9.65. The average molecular weight is 491 g/mol. The molecule has 3 aliphatic rings. The second kappa shape index (κ2) is 12.5. The number of rotatable bonds is 5. The number of carboxylic acids is 2. The summed E-state index contributed by atoms with van der Waals surface area (Å²) in [5.41, 5.74) is 1.62. The highest BCUT2D eigenvalue weighted by Crippen LogP contribution is 2.42. The van der Waals surface area contributed by atoms with E-state index in [2.05, 4.69) is 34.5 Å². The van der Waals surface area contributed by atoms with E-state index in [1.54, 1.807) is 0 Å². The van der Waals surface area contributed by atoms with Gasteiger partial charge in [-0.05, 0) is 49.1 Å². The molecule has 194 valence electrons. The van der Waals surface area contributed by atoms with Gasteiger partial charge in [-0.3, -0.25) is 4.79 Å². The van der Waals surface area contributed by atoms with Crippen LogP contribution in [0.5, 0.6) is 0 Å². The van der Waals surface area contributed by atoms with Crippen LogP contribution in [0.4, 0.5) is 0 Å². The molecule has 1 heterocycles. The summed E-state index contributed by atoms with van der Waals surface area (Å²) in [6.45, 7) is 1.27. The van der Waals surface area contributed by atoms with E-state index in [1.807, 2.05) is 0 Å². The van der Waals surface area contributed by atoms with Gasteiger partial charge < -0.3 is 30.6 Å². The van der Waals surface area contributed by atoms with E-state index in [4.69, 9.17) is 19.8 Å². The zero-order chi connectivity index (χ0) is 25.4. The summed E-state index contributed by atoms with van der Waals surface area (Å²) in [5, 5.41) is 38.8. The summed E-state index contributed by atoms with van der Waals surface area (Å²) >= 11 is 0. The number of carboxylic acid groups (broad SMARTS) is 2. The number of benzene rings is 1. The minimum atomic E-state index is -1.82. The smallest absolute Gasteiger partial charge is 0.414 e. The summed E-state index contributed by atoms with van der Waals surface area (Å²) in [6.07, 6.45) is 9.54. The molecule has 0 saturated heterocycles. The van der Waals surface area contributed by atoms with Gasteiger partial charge in [0, 0.05) is 13.1 Å². The third kappa shape index (κ3) is 7.02. The molecule has 1 aromatic rings. The van der Waals surface area contributed by atoms with Crippen LogP contribution in [-0.4, -0.2) is 74.5 Å². The SMILES string of the molecule is O=C(CNC[C@]1(O)CCCC[C@H]1O)N1CCc2ccccc2C1C1CCCCC1.O=C(O)C(=O)O. The zero-order valence-corrected chi connectivity index (χ0v) is 20.2. The fourth-order valence-electron chi connectivity index (χ4n) is 5.73. The van der Waals surface area contributed by atoms with Gasteiger partial charge in [0.05, 0.1) is 18.7 Å². The van der Waals surface area contributed by atoms with E-state index in [0.29, 0.717) is 18.8 Å². The number of hydrogen-bond donors (Lipinski definition) is 5. The fourth-order valence-corrected chi connectivity index (χ4v) is 5.73. The van der Waals surface area contributed by atoms with Crippen molar-refractivity contribution in [3.63, 3.8) is 0 Å². The Bertz CT molecular complexity index is 874. The number of aliphatic carboxylic acids is 2. The first-order valence-corrected chi connectivity index (χ1v) is 12.7. The number of carbonyl (C=O) groups is 3. The standard InChI is InChI=1S/C24H36N2O3.C2H2O4/c27-21-12-6-7-14-24(21,29)17-25-16-22(28)26-15-13-18-8-4-5-11-20(18)23(26)19-9-2-1-3-10-19;3-1(4)2(5)6/h4-5,8,11,19,21,23,25,27,29H,1-3,6-7,9-10,12-17H2;(H,3,4)(H,5,6)/t21-,23?,24-;/m1./s1. The number of aliphatic hydroxyl groups is 2. The summed E-state index contributed by atoms with van der Waals surface area (Å²) in [7, 11) is 0. The minimum absolute atomic E-state index is 0.115. The molecule has 3 atom stereocenters. The van der Waals surface area contributed by atoms with E-state index in [0.717, 1.165) is 25.8 Å². The molecule has 9 nitrogen and oxygen atoms in total. The number of nitrogens with zero attached hydrogens (tertiary/aromatic N) is 1. The number of nitrogens with one attached hydrogen (secondary N) is 1. The van der Waals surface area contributed by atoms with Crippen molar-refractivity contribution < 1.29 is 34.8 Å². The molecular weight excluding hydrogens is 452 g/mol. The van der Waals surface area contributed by atoms with Gasteiger partial charge in [0.15, 0.2) is 0 Å². The van der Waals surface area contributed by atoms with Crippen molar-refractivity contribution in [3.8, 4) is 0 Å². The third-order valence-corrected chi connectivity index (χ3v) is 7.60. The monoisotopic (exact) mass is 490 g/mol. The number of fused-ring (bicyclic) bond motifs is 1. The second-order valence-corrected chi connectivity index (χ2v) is 9.96. The molecule has 1 aliphatic heterocycles. The Hall–Kier alpha value is -2.49. The van der Waals surface area contributed by atoms with Gasteiger partial charge in [-0.1, -0.05) is 56.4 Å². The maximum Gasteiger partial charge on any atom is 0.414 e. The summed E-state index contributed by atoms with van der Waals surface area (Å²) in [5.74, 6) is -2.99. The predicted molar refractivity (Wildman–Crippen MR) is 129 cm³/mol. The molecule has 5 N–H and O–H groups in total. The van der Waals surface area contributed by atoms with Crippen molar-refractivity contribution in [2.24, 2.45) is 5.92 Å². The van der Waals surface area contributed by atoms with Gasteiger partial charge in [0.25, 0.3) is 0 Å². The normalized spacial score (nSPS) is 26.7. The van der Waals surface area contributed by atoms with Crippen LogP contribution in [0, 0.1) is 5.92 Å². The molecule has 0 spiro atoms. The topological polar surface area (TPSA) is 147 Å². The highest BCUT2D eigenvalue weighted by Gasteiger charge is 2.39. The summed E-state index contributed by atoms with van der Waals surface area (Å²) < 4.78 is 0. The van der Waals surface area contributed by atoms with Crippen LogP contribution in [0.3, 0.4) is 0 Å². The van der Waals surface area contributed by atoms with Crippen molar-refractivity contribution in [2.45, 2.75) is 82.0 Å². The molecule has 2 aliphatic carbocycles. The largest absolute Gasteiger partial charge is 0.473 e.